The number of thiocarbonyl (C=S) groups is 1. The molecule has 0 amide bonds. The Morgan fingerprint density at radius 1 is 1.28 bits per heavy atom. The highest BCUT2D eigenvalue weighted by molar-refractivity contribution is 7.80. The van der Waals surface area contributed by atoms with E-state index in [2.05, 4.69) is 32.9 Å². The number of unbranched alkanes of at least 4 members (excludes halogenated alkanes) is 1. The van der Waals surface area contributed by atoms with Gasteiger partial charge in [-0.15, -0.1) is 0 Å². The van der Waals surface area contributed by atoms with Crippen LogP contribution in [0.25, 0.3) is 0 Å². The Hall–Kier alpha value is -1.09. The summed E-state index contributed by atoms with van der Waals surface area (Å²) in [5, 5.41) is 0. The minimum Gasteiger partial charge on any atom is -0.494 e. The summed E-state index contributed by atoms with van der Waals surface area (Å²) in [5.74, 6) is 0.942. The molecular weight excluding hydrogens is 242 g/mol. The number of hydrogen-bond acceptors (Lipinski definition) is 2. The highest BCUT2D eigenvalue weighted by Crippen LogP contribution is 2.25. The van der Waals surface area contributed by atoms with Gasteiger partial charge in [0.15, 0.2) is 0 Å². The lowest BCUT2D eigenvalue weighted by Gasteiger charge is -2.19. The Bertz CT molecular complexity index is 396. The van der Waals surface area contributed by atoms with E-state index in [4.69, 9.17) is 22.7 Å². The molecule has 1 aromatic rings. The molecule has 1 aromatic carbocycles. The lowest BCUT2D eigenvalue weighted by atomic mass is 9.87. The van der Waals surface area contributed by atoms with Crippen LogP contribution in [0.1, 0.15) is 45.6 Å². The van der Waals surface area contributed by atoms with Crippen molar-refractivity contribution in [1.82, 2.24) is 0 Å². The van der Waals surface area contributed by atoms with Crippen LogP contribution in [0.5, 0.6) is 5.75 Å². The molecule has 2 N–H and O–H groups in total. The van der Waals surface area contributed by atoms with Crippen molar-refractivity contribution in [1.29, 1.82) is 0 Å². The van der Waals surface area contributed by atoms with Crippen molar-refractivity contribution < 1.29 is 4.74 Å². The zero-order chi connectivity index (χ0) is 13.6. The maximum atomic E-state index is 5.74. The molecule has 0 aliphatic rings. The van der Waals surface area contributed by atoms with Crippen molar-refractivity contribution in [3.05, 3.63) is 29.8 Å². The van der Waals surface area contributed by atoms with Crippen molar-refractivity contribution in [3.8, 4) is 5.75 Å². The molecule has 100 valence electrons. The van der Waals surface area contributed by atoms with Gasteiger partial charge in [0.2, 0.25) is 0 Å². The van der Waals surface area contributed by atoms with Gasteiger partial charge in [0.05, 0.1) is 11.6 Å². The van der Waals surface area contributed by atoms with Gasteiger partial charge in [-0.3, -0.25) is 0 Å². The molecule has 0 aliphatic carbocycles. The van der Waals surface area contributed by atoms with Crippen LogP contribution in [0.4, 0.5) is 0 Å². The average Bonchev–Trinajstić information content (AvgIpc) is 2.27. The monoisotopic (exact) mass is 265 g/mol. The number of hydrogen-bond donors (Lipinski definition) is 1. The Morgan fingerprint density at radius 3 is 2.61 bits per heavy atom. The Balaban J connectivity index is 2.41. The highest BCUT2D eigenvalue weighted by Gasteiger charge is 2.13. The van der Waals surface area contributed by atoms with E-state index in [0.717, 1.165) is 31.6 Å². The maximum absolute atomic E-state index is 5.74. The molecule has 0 bridgehead atoms. The van der Waals surface area contributed by atoms with E-state index in [-0.39, 0.29) is 5.41 Å². The second-order valence-electron chi connectivity index (χ2n) is 5.55. The van der Waals surface area contributed by atoms with Gasteiger partial charge in [0.1, 0.15) is 5.75 Å². The summed E-state index contributed by atoms with van der Waals surface area (Å²) in [6.45, 7) is 7.33. The fourth-order valence-corrected chi connectivity index (χ4v) is 1.79. The summed E-state index contributed by atoms with van der Waals surface area (Å²) in [6, 6.07) is 8.31. The fourth-order valence-electron chi connectivity index (χ4n) is 1.64. The van der Waals surface area contributed by atoms with Gasteiger partial charge >= 0.3 is 0 Å². The SMILES string of the molecule is CC(C)(C)c1cccc(OCCCCC(N)=S)c1. The largest absolute Gasteiger partial charge is 0.494 e. The van der Waals surface area contributed by atoms with Gasteiger partial charge in [0, 0.05) is 0 Å². The van der Waals surface area contributed by atoms with Crippen molar-refractivity contribution in [2.24, 2.45) is 5.73 Å². The van der Waals surface area contributed by atoms with E-state index >= 15 is 0 Å². The molecule has 0 spiro atoms. The Morgan fingerprint density at radius 2 is 2.00 bits per heavy atom. The summed E-state index contributed by atoms with van der Waals surface area (Å²) >= 11 is 4.83. The van der Waals surface area contributed by atoms with Crippen LogP contribution in [0.3, 0.4) is 0 Å². The first kappa shape index (κ1) is 15.0. The maximum Gasteiger partial charge on any atom is 0.119 e. The first-order valence-electron chi connectivity index (χ1n) is 6.41. The van der Waals surface area contributed by atoms with E-state index in [1.807, 2.05) is 12.1 Å². The van der Waals surface area contributed by atoms with Crippen LogP contribution in [-0.2, 0) is 5.41 Å². The highest BCUT2D eigenvalue weighted by atomic mass is 32.1. The van der Waals surface area contributed by atoms with E-state index in [1.54, 1.807) is 0 Å². The lowest BCUT2D eigenvalue weighted by molar-refractivity contribution is 0.307. The third-order valence-corrected chi connectivity index (χ3v) is 2.99. The fraction of sp³-hybridized carbons (Fsp3) is 0.533. The molecule has 0 aliphatic heterocycles. The van der Waals surface area contributed by atoms with Crippen molar-refractivity contribution in [3.63, 3.8) is 0 Å². The van der Waals surface area contributed by atoms with Gasteiger partial charge in [-0.05, 0) is 42.4 Å². The zero-order valence-electron chi connectivity index (χ0n) is 11.5. The molecule has 0 heterocycles. The summed E-state index contributed by atoms with van der Waals surface area (Å²) < 4.78 is 5.74. The number of nitrogens with two attached hydrogens (primary N) is 1. The molecule has 0 aromatic heterocycles. The molecule has 2 nitrogen and oxygen atoms in total. The van der Waals surface area contributed by atoms with Gasteiger partial charge in [-0.25, -0.2) is 0 Å². The van der Waals surface area contributed by atoms with Crippen molar-refractivity contribution in [2.45, 2.75) is 45.4 Å². The smallest absolute Gasteiger partial charge is 0.119 e. The van der Waals surface area contributed by atoms with Crippen LogP contribution in [0.2, 0.25) is 0 Å². The minimum absolute atomic E-state index is 0.158. The zero-order valence-corrected chi connectivity index (χ0v) is 12.3. The first-order valence-corrected chi connectivity index (χ1v) is 6.82. The van der Waals surface area contributed by atoms with Gasteiger partial charge in [-0.2, -0.15) is 0 Å². The summed E-state index contributed by atoms with van der Waals surface area (Å²) in [5.41, 5.74) is 6.90. The molecule has 1 rings (SSSR count). The lowest BCUT2D eigenvalue weighted by Crippen LogP contribution is -2.11. The molecule has 0 saturated carbocycles. The van der Waals surface area contributed by atoms with Gasteiger partial charge in [0.25, 0.3) is 0 Å². The van der Waals surface area contributed by atoms with E-state index < -0.39 is 0 Å². The van der Waals surface area contributed by atoms with E-state index in [0.29, 0.717) is 4.99 Å². The van der Waals surface area contributed by atoms with Gasteiger partial charge in [-0.1, -0.05) is 45.1 Å². The number of benzene rings is 1. The first-order chi connectivity index (χ1) is 8.39. The molecular formula is C15H23NOS. The second kappa shape index (κ2) is 6.74. The minimum atomic E-state index is 0.158. The third kappa shape index (κ3) is 5.50. The summed E-state index contributed by atoms with van der Waals surface area (Å²) in [4.78, 5) is 0.588. The molecule has 0 atom stereocenters. The standard InChI is InChI=1S/C15H23NOS/c1-15(2,3)12-7-6-8-13(11-12)17-10-5-4-9-14(16)18/h6-8,11H,4-5,9-10H2,1-3H3,(H2,16,18). The topological polar surface area (TPSA) is 35.2 Å². The number of rotatable bonds is 6. The predicted molar refractivity (Wildman–Crippen MR) is 81.3 cm³/mol. The van der Waals surface area contributed by atoms with Crippen molar-refractivity contribution >= 4 is 17.2 Å². The predicted octanol–water partition coefficient (Wildman–Crippen LogP) is 3.82. The summed E-state index contributed by atoms with van der Waals surface area (Å²) in [6.07, 6.45) is 2.78. The van der Waals surface area contributed by atoms with E-state index in [9.17, 15) is 0 Å². The molecule has 0 saturated heterocycles. The van der Waals surface area contributed by atoms with Gasteiger partial charge < -0.3 is 10.5 Å². The molecule has 0 radical (unpaired) electrons. The molecule has 0 fully saturated rings. The van der Waals surface area contributed by atoms with Crippen LogP contribution >= 0.6 is 12.2 Å². The van der Waals surface area contributed by atoms with Crippen molar-refractivity contribution in [2.75, 3.05) is 6.61 Å². The Kier molecular flexibility index (Phi) is 5.60. The second-order valence-corrected chi connectivity index (χ2v) is 6.07. The normalized spacial score (nSPS) is 11.3. The van der Waals surface area contributed by atoms with Crippen LogP contribution < -0.4 is 10.5 Å². The quantitative estimate of drug-likeness (QED) is 0.627. The third-order valence-electron chi connectivity index (χ3n) is 2.79. The molecule has 0 unspecified atom stereocenters. The molecule has 18 heavy (non-hydrogen) atoms. The Labute approximate surface area is 116 Å². The summed E-state index contributed by atoms with van der Waals surface area (Å²) in [7, 11) is 0. The van der Waals surface area contributed by atoms with Crippen LogP contribution in [0, 0.1) is 0 Å². The van der Waals surface area contributed by atoms with Crippen LogP contribution in [0.15, 0.2) is 24.3 Å². The average molecular weight is 265 g/mol. The van der Waals surface area contributed by atoms with E-state index in [1.165, 1.54) is 5.56 Å². The van der Waals surface area contributed by atoms with Crippen LogP contribution in [-0.4, -0.2) is 11.6 Å². The number of ether oxygens (including phenoxy) is 1. The molecule has 3 heteroatoms.